The van der Waals surface area contributed by atoms with Crippen LogP contribution in [0.15, 0.2) is 41.5 Å². The Labute approximate surface area is 155 Å². The number of hydrogen-bond acceptors (Lipinski definition) is 4. The summed E-state index contributed by atoms with van der Waals surface area (Å²) >= 11 is 0. The average Bonchev–Trinajstić information content (AvgIpc) is 2.76. The van der Waals surface area contributed by atoms with Crippen molar-refractivity contribution in [1.29, 1.82) is 0 Å². The van der Waals surface area contributed by atoms with Crippen LogP contribution >= 0.6 is 0 Å². The van der Waals surface area contributed by atoms with Crippen LogP contribution in [0.1, 0.15) is 50.4 Å². The van der Waals surface area contributed by atoms with Crippen molar-refractivity contribution in [2.45, 2.75) is 40.0 Å². The molecule has 1 heterocycles. The van der Waals surface area contributed by atoms with Crippen LogP contribution in [0.2, 0.25) is 0 Å². The van der Waals surface area contributed by atoms with Crippen molar-refractivity contribution in [2.24, 2.45) is 0 Å². The molecule has 5 nitrogen and oxygen atoms in total. The molecule has 2 rings (SSSR count). The van der Waals surface area contributed by atoms with E-state index in [-0.39, 0.29) is 5.91 Å². The molecule has 1 aromatic carbocycles. The number of nitrogens with one attached hydrogen (secondary N) is 1. The molecule has 1 amide bonds. The van der Waals surface area contributed by atoms with E-state index in [1.165, 1.54) is 18.3 Å². The summed E-state index contributed by atoms with van der Waals surface area (Å²) < 4.78 is 4.77. The third-order valence-electron chi connectivity index (χ3n) is 4.39. The van der Waals surface area contributed by atoms with Gasteiger partial charge in [-0.25, -0.2) is 4.79 Å². The Morgan fingerprint density at radius 3 is 2.73 bits per heavy atom. The molecule has 1 aromatic rings. The van der Waals surface area contributed by atoms with E-state index in [9.17, 15) is 9.59 Å². The molecule has 5 heteroatoms. The second-order valence-electron chi connectivity index (χ2n) is 6.84. The van der Waals surface area contributed by atoms with Gasteiger partial charge in [0, 0.05) is 19.5 Å². The number of amides is 1. The lowest BCUT2D eigenvalue weighted by Crippen LogP contribution is -2.24. The lowest BCUT2D eigenvalue weighted by atomic mass is 10.1. The molecule has 26 heavy (non-hydrogen) atoms. The molecule has 0 spiro atoms. The third kappa shape index (κ3) is 5.48. The molecule has 0 saturated heterocycles. The van der Waals surface area contributed by atoms with Crippen LogP contribution in [0.4, 0.5) is 11.4 Å². The van der Waals surface area contributed by atoms with E-state index in [4.69, 9.17) is 4.74 Å². The van der Waals surface area contributed by atoms with Crippen LogP contribution in [0.5, 0.6) is 0 Å². The normalized spacial score (nSPS) is 14.2. The molecule has 0 unspecified atom stereocenters. The first-order valence-corrected chi connectivity index (χ1v) is 8.97. The Morgan fingerprint density at radius 2 is 2.04 bits per heavy atom. The van der Waals surface area contributed by atoms with Gasteiger partial charge in [0.1, 0.15) is 0 Å². The predicted molar refractivity (Wildman–Crippen MR) is 106 cm³/mol. The summed E-state index contributed by atoms with van der Waals surface area (Å²) in [6.07, 6.45) is 6.96. The van der Waals surface area contributed by atoms with Crippen molar-refractivity contribution in [3.63, 3.8) is 0 Å². The minimum absolute atomic E-state index is 0.0416. The average molecular weight is 356 g/mol. The molecular formula is C21H28N2O3. The van der Waals surface area contributed by atoms with Crippen molar-refractivity contribution in [3.05, 3.63) is 47.1 Å². The van der Waals surface area contributed by atoms with Gasteiger partial charge in [-0.2, -0.15) is 0 Å². The monoisotopic (exact) mass is 356 g/mol. The Hall–Kier alpha value is -2.56. The first-order chi connectivity index (χ1) is 12.4. The quantitative estimate of drug-likeness (QED) is 0.609. The number of benzene rings is 1. The summed E-state index contributed by atoms with van der Waals surface area (Å²) in [5, 5.41) is 2.89. The van der Waals surface area contributed by atoms with Gasteiger partial charge in [0.15, 0.2) is 0 Å². The summed E-state index contributed by atoms with van der Waals surface area (Å²) in [7, 11) is 1.35. The molecule has 0 atom stereocenters. The lowest BCUT2D eigenvalue weighted by molar-refractivity contribution is -0.115. The molecule has 1 aliphatic rings. The fourth-order valence-corrected chi connectivity index (χ4v) is 2.87. The van der Waals surface area contributed by atoms with Gasteiger partial charge in [-0.1, -0.05) is 23.3 Å². The smallest absolute Gasteiger partial charge is 0.337 e. The highest BCUT2D eigenvalue weighted by Gasteiger charge is 2.20. The molecule has 0 saturated carbocycles. The van der Waals surface area contributed by atoms with Gasteiger partial charge >= 0.3 is 5.97 Å². The molecule has 0 fully saturated rings. The van der Waals surface area contributed by atoms with Crippen molar-refractivity contribution in [3.8, 4) is 0 Å². The Morgan fingerprint density at radius 1 is 1.27 bits per heavy atom. The van der Waals surface area contributed by atoms with E-state index in [1.807, 2.05) is 6.07 Å². The largest absolute Gasteiger partial charge is 0.465 e. The van der Waals surface area contributed by atoms with E-state index in [2.05, 4.69) is 43.1 Å². The van der Waals surface area contributed by atoms with Crippen LogP contribution in [0.25, 0.3) is 0 Å². The van der Waals surface area contributed by atoms with Gasteiger partial charge in [-0.3, -0.25) is 4.79 Å². The molecule has 1 N–H and O–H groups in total. The zero-order valence-corrected chi connectivity index (χ0v) is 16.1. The minimum Gasteiger partial charge on any atom is -0.465 e. The van der Waals surface area contributed by atoms with Crippen LogP contribution in [-0.4, -0.2) is 32.1 Å². The van der Waals surface area contributed by atoms with Crippen molar-refractivity contribution >= 4 is 23.3 Å². The molecule has 140 valence electrons. The summed E-state index contributed by atoms with van der Waals surface area (Å²) in [5.74, 6) is -0.451. The first-order valence-electron chi connectivity index (χ1n) is 8.97. The van der Waals surface area contributed by atoms with E-state index in [1.54, 1.807) is 12.1 Å². The molecule has 0 aliphatic carbocycles. The second kappa shape index (κ2) is 9.22. The molecule has 0 aromatic heterocycles. The fourth-order valence-electron chi connectivity index (χ4n) is 2.87. The van der Waals surface area contributed by atoms with Gasteiger partial charge in [-0.05, 0) is 51.8 Å². The highest BCUT2D eigenvalue weighted by Crippen LogP contribution is 2.30. The number of carbonyl (C=O) groups excluding carboxylic acids is 2. The predicted octanol–water partition coefficient (Wildman–Crippen LogP) is 4.31. The van der Waals surface area contributed by atoms with E-state index in [0.29, 0.717) is 24.2 Å². The fraction of sp³-hybridized carbons (Fsp3) is 0.429. The minimum atomic E-state index is -0.409. The number of anilines is 2. The molecule has 0 bridgehead atoms. The van der Waals surface area contributed by atoms with E-state index < -0.39 is 5.97 Å². The van der Waals surface area contributed by atoms with Gasteiger partial charge in [0.05, 0.1) is 24.0 Å². The summed E-state index contributed by atoms with van der Waals surface area (Å²) in [4.78, 5) is 25.9. The van der Waals surface area contributed by atoms with Gasteiger partial charge < -0.3 is 15.0 Å². The SMILES string of the molecule is COC(=O)c1ccc2c(c1)NC(=O)CCN2C/C=C(\C)CCC=C(C)C. The highest BCUT2D eigenvalue weighted by atomic mass is 16.5. The van der Waals surface area contributed by atoms with Crippen LogP contribution in [0.3, 0.4) is 0 Å². The van der Waals surface area contributed by atoms with Gasteiger partial charge in [-0.15, -0.1) is 0 Å². The number of rotatable bonds is 6. The number of methoxy groups -OCH3 is 1. The summed E-state index contributed by atoms with van der Waals surface area (Å²) in [6.45, 7) is 7.75. The lowest BCUT2D eigenvalue weighted by Gasteiger charge is -2.23. The molecule has 0 radical (unpaired) electrons. The van der Waals surface area contributed by atoms with Crippen molar-refractivity contribution in [1.82, 2.24) is 0 Å². The number of carbonyl (C=O) groups is 2. The highest BCUT2D eigenvalue weighted by molar-refractivity contribution is 5.99. The van der Waals surface area contributed by atoms with Crippen LogP contribution in [-0.2, 0) is 9.53 Å². The Balaban J connectivity index is 2.16. The Kier molecular flexibility index (Phi) is 7.01. The third-order valence-corrected chi connectivity index (χ3v) is 4.39. The van der Waals surface area contributed by atoms with Crippen molar-refractivity contribution in [2.75, 3.05) is 30.4 Å². The number of nitrogens with zero attached hydrogens (tertiary/aromatic N) is 1. The molecule has 1 aliphatic heterocycles. The summed E-state index contributed by atoms with van der Waals surface area (Å²) in [6, 6.07) is 5.29. The zero-order valence-electron chi connectivity index (χ0n) is 16.1. The van der Waals surface area contributed by atoms with Gasteiger partial charge in [0.2, 0.25) is 5.91 Å². The van der Waals surface area contributed by atoms with Crippen molar-refractivity contribution < 1.29 is 14.3 Å². The topological polar surface area (TPSA) is 58.6 Å². The summed E-state index contributed by atoms with van der Waals surface area (Å²) in [5.41, 5.74) is 4.69. The number of allylic oxidation sites excluding steroid dienone is 3. The standard InChI is InChI=1S/C21H28N2O3/c1-15(2)6-5-7-16(3)10-12-23-13-11-20(24)22-18-14-17(21(25)26-4)8-9-19(18)23/h6,8-10,14H,5,7,11-13H2,1-4H3,(H,22,24)/b16-10+. The second-order valence-corrected chi connectivity index (χ2v) is 6.84. The Bertz CT molecular complexity index is 731. The van der Waals surface area contributed by atoms with E-state index >= 15 is 0 Å². The number of fused-ring (bicyclic) bond motifs is 1. The maximum Gasteiger partial charge on any atom is 0.337 e. The maximum atomic E-state index is 12.0. The number of hydrogen-bond donors (Lipinski definition) is 1. The zero-order chi connectivity index (χ0) is 19.1. The first kappa shape index (κ1) is 19.8. The number of esters is 1. The van der Waals surface area contributed by atoms with Gasteiger partial charge in [0.25, 0.3) is 0 Å². The van der Waals surface area contributed by atoms with E-state index in [0.717, 1.165) is 25.1 Å². The van der Waals surface area contributed by atoms with Crippen LogP contribution in [0, 0.1) is 0 Å². The van der Waals surface area contributed by atoms with Crippen LogP contribution < -0.4 is 10.2 Å². The molecular weight excluding hydrogens is 328 g/mol. The number of ether oxygens (including phenoxy) is 1. The maximum absolute atomic E-state index is 12.0.